The quantitative estimate of drug-likeness (QED) is 0.420. The molecule has 1 aromatic rings. The number of hydrogen-bond acceptors (Lipinski definition) is 5. The van der Waals surface area contributed by atoms with Gasteiger partial charge < -0.3 is 14.2 Å². The SMILES string of the molecule is C=C(C)C(=O)OCCOc1ccc(C=CC(=O)OCC)cc1. The van der Waals surface area contributed by atoms with Crippen LogP contribution in [0.3, 0.4) is 0 Å². The van der Waals surface area contributed by atoms with Crippen LogP contribution in [0, 0.1) is 0 Å². The van der Waals surface area contributed by atoms with E-state index in [9.17, 15) is 9.59 Å². The Morgan fingerprint density at radius 1 is 1.14 bits per heavy atom. The van der Waals surface area contributed by atoms with Crippen LogP contribution in [0.1, 0.15) is 19.4 Å². The summed E-state index contributed by atoms with van der Waals surface area (Å²) in [6.45, 7) is 7.61. The number of esters is 2. The van der Waals surface area contributed by atoms with Gasteiger partial charge in [-0.1, -0.05) is 18.7 Å². The van der Waals surface area contributed by atoms with Crippen molar-refractivity contribution in [2.24, 2.45) is 0 Å². The molecule has 5 heteroatoms. The monoisotopic (exact) mass is 304 g/mol. The first-order chi connectivity index (χ1) is 10.5. The van der Waals surface area contributed by atoms with Crippen LogP contribution in [-0.2, 0) is 19.1 Å². The van der Waals surface area contributed by atoms with E-state index in [1.807, 2.05) is 12.1 Å². The molecule has 0 radical (unpaired) electrons. The molecule has 0 fully saturated rings. The van der Waals surface area contributed by atoms with E-state index in [2.05, 4.69) is 6.58 Å². The number of benzene rings is 1. The third-order valence-electron chi connectivity index (χ3n) is 2.51. The van der Waals surface area contributed by atoms with Gasteiger partial charge in [0.25, 0.3) is 0 Å². The van der Waals surface area contributed by atoms with E-state index < -0.39 is 5.97 Å². The molecular formula is C17H20O5. The fourth-order valence-corrected chi connectivity index (χ4v) is 1.45. The lowest BCUT2D eigenvalue weighted by Crippen LogP contribution is -2.12. The Morgan fingerprint density at radius 3 is 2.41 bits per heavy atom. The molecule has 0 saturated carbocycles. The molecule has 118 valence electrons. The average Bonchev–Trinajstić information content (AvgIpc) is 2.50. The molecule has 0 aliphatic carbocycles. The molecule has 5 nitrogen and oxygen atoms in total. The van der Waals surface area contributed by atoms with Gasteiger partial charge in [0.05, 0.1) is 6.61 Å². The second-order valence-electron chi connectivity index (χ2n) is 4.42. The molecule has 0 N–H and O–H groups in total. The Hall–Kier alpha value is -2.56. The lowest BCUT2D eigenvalue weighted by atomic mass is 10.2. The number of hydrogen-bond donors (Lipinski definition) is 0. The van der Waals surface area contributed by atoms with E-state index in [4.69, 9.17) is 14.2 Å². The summed E-state index contributed by atoms with van der Waals surface area (Å²) in [5.41, 5.74) is 1.21. The smallest absolute Gasteiger partial charge is 0.333 e. The second kappa shape index (κ2) is 9.39. The van der Waals surface area contributed by atoms with E-state index in [0.29, 0.717) is 17.9 Å². The van der Waals surface area contributed by atoms with E-state index >= 15 is 0 Å². The van der Waals surface area contributed by atoms with Gasteiger partial charge in [-0.05, 0) is 37.6 Å². The largest absolute Gasteiger partial charge is 0.490 e. The van der Waals surface area contributed by atoms with Gasteiger partial charge in [0.1, 0.15) is 19.0 Å². The molecule has 1 rings (SSSR count). The van der Waals surface area contributed by atoms with Crippen LogP contribution >= 0.6 is 0 Å². The first-order valence-corrected chi connectivity index (χ1v) is 6.93. The van der Waals surface area contributed by atoms with Gasteiger partial charge in [0.2, 0.25) is 0 Å². The minimum Gasteiger partial charge on any atom is -0.490 e. The van der Waals surface area contributed by atoms with Crippen LogP contribution in [0.25, 0.3) is 6.08 Å². The van der Waals surface area contributed by atoms with Gasteiger partial charge in [-0.15, -0.1) is 0 Å². The highest BCUT2D eigenvalue weighted by atomic mass is 16.6. The molecule has 0 aromatic heterocycles. The van der Waals surface area contributed by atoms with E-state index in [0.717, 1.165) is 5.56 Å². The van der Waals surface area contributed by atoms with Gasteiger partial charge in [-0.25, -0.2) is 9.59 Å². The van der Waals surface area contributed by atoms with Crippen molar-refractivity contribution in [3.63, 3.8) is 0 Å². The molecule has 0 aliphatic heterocycles. The summed E-state index contributed by atoms with van der Waals surface area (Å²) in [6.07, 6.45) is 3.03. The zero-order valence-electron chi connectivity index (χ0n) is 12.8. The van der Waals surface area contributed by atoms with Crippen LogP contribution in [0.5, 0.6) is 5.75 Å². The summed E-state index contributed by atoms with van der Waals surface area (Å²) in [5, 5.41) is 0. The van der Waals surface area contributed by atoms with Crippen LogP contribution in [0.15, 0.2) is 42.5 Å². The zero-order valence-corrected chi connectivity index (χ0v) is 12.8. The van der Waals surface area contributed by atoms with Crippen molar-refractivity contribution in [1.29, 1.82) is 0 Å². The number of carbonyl (C=O) groups is 2. The first-order valence-electron chi connectivity index (χ1n) is 6.93. The maximum absolute atomic E-state index is 11.2. The third-order valence-corrected chi connectivity index (χ3v) is 2.51. The minimum absolute atomic E-state index is 0.163. The van der Waals surface area contributed by atoms with Crippen molar-refractivity contribution >= 4 is 18.0 Å². The lowest BCUT2D eigenvalue weighted by Gasteiger charge is -2.07. The topological polar surface area (TPSA) is 61.8 Å². The Balaban J connectivity index is 2.37. The van der Waals surface area contributed by atoms with Crippen LogP contribution in [0.2, 0.25) is 0 Å². The molecule has 0 saturated heterocycles. The summed E-state index contributed by atoms with van der Waals surface area (Å²) in [6, 6.07) is 7.16. The van der Waals surface area contributed by atoms with Crippen molar-refractivity contribution in [2.75, 3.05) is 19.8 Å². The highest BCUT2D eigenvalue weighted by Crippen LogP contribution is 2.13. The second-order valence-corrected chi connectivity index (χ2v) is 4.42. The maximum atomic E-state index is 11.2. The van der Waals surface area contributed by atoms with Crippen LogP contribution in [0.4, 0.5) is 0 Å². The molecule has 0 unspecified atom stereocenters. The number of rotatable bonds is 8. The summed E-state index contributed by atoms with van der Waals surface area (Å²) in [4.78, 5) is 22.3. The molecule has 0 aliphatic rings. The fraction of sp³-hybridized carbons (Fsp3) is 0.294. The van der Waals surface area contributed by atoms with Gasteiger partial charge in [0.15, 0.2) is 0 Å². The van der Waals surface area contributed by atoms with Crippen molar-refractivity contribution in [3.8, 4) is 5.75 Å². The van der Waals surface area contributed by atoms with E-state index in [-0.39, 0.29) is 19.2 Å². The van der Waals surface area contributed by atoms with Crippen molar-refractivity contribution in [2.45, 2.75) is 13.8 Å². The molecule has 1 aromatic carbocycles. The van der Waals surface area contributed by atoms with E-state index in [1.54, 1.807) is 32.1 Å². The molecule has 0 heterocycles. The molecule has 0 spiro atoms. The predicted octanol–water partition coefficient (Wildman–Crippen LogP) is 2.76. The Labute approximate surface area is 130 Å². The predicted molar refractivity (Wildman–Crippen MR) is 83.4 cm³/mol. The van der Waals surface area contributed by atoms with Gasteiger partial charge in [-0.3, -0.25) is 0 Å². The fourth-order valence-electron chi connectivity index (χ4n) is 1.45. The summed E-state index contributed by atoms with van der Waals surface area (Å²) in [7, 11) is 0. The van der Waals surface area contributed by atoms with Gasteiger partial charge in [0, 0.05) is 11.6 Å². The number of carbonyl (C=O) groups excluding carboxylic acids is 2. The molecular weight excluding hydrogens is 284 g/mol. The van der Waals surface area contributed by atoms with Crippen LogP contribution < -0.4 is 4.74 Å². The standard InChI is InChI=1S/C17H20O5/c1-4-20-16(18)10-7-14-5-8-15(9-6-14)21-11-12-22-17(19)13(2)3/h5-10H,2,4,11-12H2,1,3H3. The normalized spacial score (nSPS) is 10.3. The number of ether oxygens (including phenoxy) is 3. The van der Waals surface area contributed by atoms with E-state index in [1.165, 1.54) is 6.08 Å². The van der Waals surface area contributed by atoms with Crippen molar-refractivity contribution < 1.29 is 23.8 Å². The Kier molecular flexibility index (Phi) is 7.47. The van der Waals surface area contributed by atoms with Gasteiger partial charge >= 0.3 is 11.9 Å². The molecule has 22 heavy (non-hydrogen) atoms. The Morgan fingerprint density at radius 2 is 1.82 bits per heavy atom. The first kappa shape index (κ1) is 17.5. The van der Waals surface area contributed by atoms with Gasteiger partial charge in [-0.2, -0.15) is 0 Å². The van der Waals surface area contributed by atoms with Crippen LogP contribution in [-0.4, -0.2) is 31.8 Å². The van der Waals surface area contributed by atoms with Crippen molar-refractivity contribution in [3.05, 3.63) is 48.1 Å². The minimum atomic E-state index is -0.428. The highest BCUT2D eigenvalue weighted by Gasteiger charge is 2.02. The lowest BCUT2D eigenvalue weighted by molar-refractivity contribution is -0.139. The summed E-state index contributed by atoms with van der Waals surface area (Å²) in [5.74, 6) is -0.148. The third kappa shape index (κ3) is 6.74. The highest BCUT2D eigenvalue weighted by molar-refractivity contribution is 5.87. The summed E-state index contributed by atoms with van der Waals surface area (Å²) >= 11 is 0. The molecule has 0 atom stereocenters. The average molecular weight is 304 g/mol. The zero-order chi connectivity index (χ0) is 16.4. The summed E-state index contributed by atoms with van der Waals surface area (Å²) < 4.78 is 15.1. The molecule has 0 bridgehead atoms. The van der Waals surface area contributed by atoms with Crippen molar-refractivity contribution in [1.82, 2.24) is 0 Å². The molecule has 0 amide bonds. The maximum Gasteiger partial charge on any atom is 0.333 e. The Bertz CT molecular complexity index is 543.